The molecule has 0 spiro atoms. The zero-order valence-electron chi connectivity index (χ0n) is 15.9. The van der Waals surface area contributed by atoms with Crippen LogP contribution in [-0.4, -0.2) is 31.1 Å². The van der Waals surface area contributed by atoms with E-state index in [1.165, 1.54) is 0 Å². The molecule has 1 amide bonds. The maximum absolute atomic E-state index is 13.5. The minimum absolute atomic E-state index is 0.101. The van der Waals surface area contributed by atoms with Crippen molar-refractivity contribution in [2.75, 3.05) is 20.3 Å². The van der Waals surface area contributed by atoms with Crippen molar-refractivity contribution in [2.24, 2.45) is 0 Å². The first-order chi connectivity index (χ1) is 13.4. The van der Waals surface area contributed by atoms with Crippen LogP contribution in [0.2, 0.25) is 5.02 Å². The van der Waals surface area contributed by atoms with Gasteiger partial charge in [0.25, 0.3) is 5.91 Å². The van der Waals surface area contributed by atoms with E-state index in [2.05, 4.69) is 0 Å². The molecule has 28 heavy (non-hydrogen) atoms. The highest BCUT2D eigenvalue weighted by Gasteiger charge is 2.42. The molecule has 6 heteroatoms. The van der Waals surface area contributed by atoms with Crippen molar-refractivity contribution < 1.29 is 13.9 Å². The molecule has 1 unspecified atom stereocenters. The van der Waals surface area contributed by atoms with Gasteiger partial charge in [-0.2, -0.15) is 0 Å². The third-order valence-corrected chi connectivity index (χ3v) is 5.35. The van der Waals surface area contributed by atoms with Gasteiger partial charge >= 0.3 is 0 Å². The fourth-order valence-corrected chi connectivity index (χ4v) is 4.16. The summed E-state index contributed by atoms with van der Waals surface area (Å²) in [6, 6.07) is 10.4. The number of ether oxygens (including phenoxy) is 1. The minimum Gasteiger partial charge on any atom is -0.450 e. The molecule has 0 bridgehead atoms. The number of halogens is 1. The lowest BCUT2D eigenvalue weighted by Gasteiger charge is -2.24. The summed E-state index contributed by atoms with van der Waals surface area (Å²) < 4.78 is 11.2. The van der Waals surface area contributed by atoms with Crippen molar-refractivity contribution in [1.82, 2.24) is 4.90 Å². The van der Waals surface area contributed by atoms with Crippen LogP contribution >= 0.6 is 11.6 Å². The zero-order valence-corrected chi connectivity index (χ0v) is 16.7. The molecule has 0 N–H and O–H groups in total. The van der Waals surface area contributed by atoms with Crippen LogP contribution in [0.5, 0.6) is 0 Å². The SMILES string of the molecule is COCCN1C(=O)c2oc3cc(C)cc(C)c3c(=O)c2C1c1cccc(Cl)c1. The molecule has 0 radical (unpaired) electrons. The maximum Gasteiger partial charge on any atom is 0.290 e. The standard InChI is InChI=1S/C22H20ClNO4/c1-12-9-13(2)17-16(10-12)28-21-18(20(17)25)19(14-5-4-6-15(23)11-14)24(22(21)26)7-8-27-3/h4-6,9-11,19H,7-8H2,1-3H3. The lowest BCUT2D eigenvalue weighted by atomic mass is 9.97. The fraction of sp³-hybridized carbons (Fsp3) is 0.273. The zero-order chi connectivity index (χ0) is 20.0. The Kier molecular flexibility index (Phi) is 4.73. The molecule has 2 aromatic carbocycles. The van der Waals surface area contributed by atoms with E-state index < -0.39 is 6.04 Å². The highest BCUT2D eigenvalue weighted by Crippen LogP contribution is 2.39. The first-order valence-corrected chi connectivity index (χ1v) is 9.43. The summed E-state index contributed by atoms with van der Waals surface area (Å²) in [6.07, 6.45) is 0. The van der Waals surface area contributed by atoms with Crippen LogP contribution in [0.1, 0.15) is 38.9 Å². The van der Waals surface area contributed by atoms with E-state index in [1.807, 2.05) is 32.0 Å². The highest BCUT2D eigenvalue weighted by molar-refractivity contribution is 6.30. The van der Waals surface area contributed by atoms with Gasteiger partial charge in [-0.25, -0.2) is 0 Å². The van der Waals surface area contributed by atoms with Gasteiger partial charge in [-0.1, -0.05) is 29.8 Å². The first-order valence-electron chi connectivity index (χ1n) is 9.05. The normalized spacial score (nSPS) is 16.1. The summed E-state index contributed by atoms with van der Waals surface area (Å²) in [5, 5.41) is 1.06. The van der Waals surface area contributed by atoms with Gasteiger partial charge in [-0.05, 0) is 48.7 Å². The van der Waals surface area contributed by atoms with E-state index >= 15 is 0 Å². The number of carbonyl (C=O) groups excluding carboxylic acids is 1. The van der Waals surface area contributed by atoms with Crippen molar-refractivity contribution in [3.8, 4) is 0 Å². The number of nitrogens with zero attached hydrogens (tertiary/aromatic N) is 1. The van der Waals surface area contributed by atoms with Crippen LogP contribution < -0.4 is 5.43 Å². The van der Waals surface area contributed by atoms with Crippen molar-refractivity contribution in [3.05, 3.63) is 79.7 Å². The molecule has 0 aliphatic carbocycles. The van der Waals surface area contributed by atoms with Gasteiger partial charge in [-0.3, -0.25) is 9.59 Å². The molecule has 1 aliphatic rings. The number of aryl methyl sites for hydroxylation is 2. The lowest BCUT2D eigenvalue weighted by Crippen LogP contribution is -2.32. The van der Waals surface area contributed by atoms with E-state index in [0.717, 1.165) is 16.7 Å². The monoisotopic (exact) mass is 397 g/mol. The highest BCUT2D eigenvalue weighted by atomic mass is 35.5. The van der Waals surface area contributed by atoms with Crippen LogP contribution in [0.25, 0.3) is 11.0 Å². The van der Waals surface area contributed by atoms with Crippen LogP contribution in [0, 0.1) is 13.8 Å². The average Bonchev–Trinajstić information content (AvgIpc) is 2.92. The molecular weight excluding hydrogens is 378 g/mol. The number of carbonyl (C=O) groups is 1. The van der Waals surface area contributed by atoms with Crippen molar-refractivity contribution in [2.45, 2.75) is 19.9 Å². The molecule has 0 fully saturated rings. The van der Waals surface area contributed by atoms with Crippen LogP contribution in [-0.2, 0) is 4.74 Å². The number of hydrogen-bond acceptors (Lipinski definition) is 4. The van der Waals surface area contributed by atoms with Gasteiger partial charge in [0.2, 0.25) is 5.76 Å². The molecule has 2 heterocycles. The predicted molar refractivity (Wildman–Crippen MR) is 108 cm³/mol. The molecular formula is C22H20ClNO4. The Morgan fingerprint density at radius 1 is 1.18 bits per heavy atom. The molecule has 1 atom stereocenters. The smallest absolute Gasteiger partial charge is 0.290 e. The number of rotatable bonds is 4. The second-order valence-corrected chi connectivity index (χ2v) is 7.51. The van der Waals surface area contributed by atoms with Gasteiger partial charge in [-0.15, -0.1) is 0 Å². The predicted octanol–water partition coefficient (Wildman–Crippen LogP) is 4.25. The van der Waals surface area contributed by atoms with Crippen LogP contribution in [0.15, 0.2) is 45.6 Å². The van der Waals surface area contributed by atoms with Crippen molar-refractivity contribution in [3.63, 3.8) is 0 Å². The third-order valence-electron chi connectivity index (χ3n) is 5.11. The molecule has 0 saturated heterocycles. The lowest BCUT2D eigenvalue weighted by molar-refractivity contribution is 0.0663. The summed E-state index contributed by atoms with van der Waals surface area (Å²) in [5.74, 6) is -0.209. The number of fused-ring (bicyclic) bond motifs is 2. The summed E-state index contributed by atoms with van der Waals surface area (Å²) in [6.45, 7) is 4.50. The number of hydrogen-bond donors (Lipinski definition) is 0. The van der Waals surface area contributed by atoms with Gasteiger partial charge < -0.3 is 14.1 Å². The number of amides is 1. The van der Waals surface area contributed by atoms with E-state index in [4.69, 9.17) is 20.8 Å². The van der Waals surface area contributed by atoms with Gasteiger partial charge in [0.05, 0.1) is 23.6 Å². The maximum atomic E-state index is 13.5. The molecule has 144 valence electrons. The fourth-order valence-electron chi connectivity index (χ4n) is 3.96. The van der Waals surface area contributed by atoms with Crippen molar-refractivity contribution in [1.29, 1.82) is 0 Å². The minimum atomic E-state index is -0.558. The Labute approximate surface area is 167 Å². The molecule has 1 aromatic heterocycles. The Morgan fingerprint density at radius 2 is 1.96 bits per heavy atom. The second-order valence-electron chi connectivity index (χ2n) is 7.08. The third kappa shape index (κ3) is 2.91. The summed E-state index contributed by atoms with van der Waals surface area (Å²) in [5.41, 5.74) is 3.20. The van der Waals surface area contributed by atoms with Crippen LogP contribution in [0.3, 0.4) is 0 Å². The summed E-state index contributed by atoms with van der Waals surface area (Å²) in [4.78, 5) is 28.2. The topological polar surface area (TPSA) is 59.8 Å². The van der Waals surface area contributed by atoms with E-state index in [9.17, 15) is 9.59 Å². The van der Waals surface area contributed by atoms with Gasteiger partial charge in [0.1, 0.15) is 5.58 Å². The Morgan fingerprint density at radius 3 is 2.68 bits per heavy atom. The van der Waals surface area contributed by atoms with E-state index in [0.29, 0.717) is 34.7 Å². The van der Waals surface area contributed by atoms with Crippen LogP contribution in [0.4, 0.5) is 0 Å². The molecule has 3 aromatic rings. The van der Waals surface area contributed by atoms with E-state index in [-0.39, 0.29) is 17.1 Å². The Bertz CT molecular complexity index is 1150. The van der Waals surface area contributed by atoms with E-state index in [1.54, 1.807) is 30.2 Å². The average molecular weight is 398 g/mol. The Balaban J connectivity index is 2.01. The largest absolute Gasteiger partial charge is 0.450 e. The molecule has 1 aliphatic heterocycles. The quantitative estimate of drug-likeness (QED) is 0.660. The van der Waals surface area contributed by atoms with Crippen molar-refractivity contribution >= 4 is 28.5 Å². The second kappa shape index (κ2) is 7.08. The number of methoxy groups -OCH3 is 1. The number of benzene rings is 2. The first kappa shape index (κ1) is 18.7. The summed E-state index contributed by atoms with van der Waals surface area (Å²) >= 11 is 6.19. The Hall–Kier alpha value is -2.63. The summed E-state index contributed by atoms with van der Waals surface area (Å²) in [7, 11) is 1.58. The molecule has 5 nitrogen and oxygen atoms in total. The van der Waals surface area contributed by atoms with Gasteiger partial charge in [0, 0.05) is 18.7 Å². The van der Waals surface area contributed by atoms with Gasteiger partial charge in [0.15, 0.2) is 5.43 Å². The molecule has 0 saturated carbocycles. The molecule has 4 rings (SSSR count).